The van der Waals surface area contributed by atoms with Gasteiger partial charge in [-0.3, -0.25) is 0 Å². The number of amidine groups is 1. The molecular formula is C2HAsF9N5S3. The number of rotatable bonds is 0. The molecule has 0 amide bonds. The van der Waals surface area contributed by atoms with E-state index in [1.165, 1.54) is 0 Å². The molecule has 2 rings (SSSR count). The number of hydrogen-bond acceptors (Lipinski definition) is 4. The second-order valence-corrected chi connectivity index (χ2v) is 10.2. The molecule has 2 heterocycles. The van der Waals surface area contributed by atoms with Gasteiger partial charge in [-0.25, -0.2) is 0 Å². The van der Waals surface area contributed by atoms with E-state index in [9.17, 15) is 34.0 Å². The summed E-state index contributed by atoms with van der Waals surface area (Å²) in [6.07, 6.45) is -4.47. The number of halogens is 9. The third-order valence-corrected chi connectivity index (χ3v) is 4.42. The fourth-order valence-electron chi connectivity index (χ4n) is 0.532. The molecule has 18 heteroatoms. The van der Waals surface area contributed by atoms with Crippen molar-refractivity contribution in [3.63, 3.8) is 0 Å². The average Bonchev–Trinajstić information content (AvgIpc) is 2.10. The molecule has 0 saturated carbocycles. The SMILES string of the molecule is FC(F)(F)C1=NS2=NS(=[NH+]1)N=S=N2.F[As-](F)(F)(F)(F)F. The Balaban J connectivity index is 0.000000246. The summed E-state index contributed by atoms with van der Waals surface area (Å²) in [6, 6.07) is 0. The van der Waals surface area contributed by atoms with Crippen molar-refractivity contribution in [3.05, 3.63) is 0 Å². The first-order valence-electron chi connectivity index (χ1n) is 3.79. The Bertz CT molecular complexity index is 577. The zero-order valence-electron chi connectivity index (χ0n) is 8.36. The Morgan fingerprint density at radius 2 is 1.50 bits per heavy atom. The van der Waals surface area contributed by atoms with Gasteiger partial charge < -0.3 is 0 Å². The molecule has 0 aliphatic carbocycles. The average molecular weight is 437 g/mol. The Hall–Kier alpha value is -0.282. The van der Waals surface area contributed by atoms with Crippen LogP contribution in [0.15, 0.2) is 15.7 Å². The van der Waals surface area contributed by atoms with Crippen LogP contribution in [0.25, 0.3) is 0 Å². The molecule has 0 aromatic heterocycles. The van der Waals surface area contributed by atoms with Crippen molar-refractivity contribution in [2.75, 3.05) is 0 Å². The van der Waals surface area contributed by atoms with Gasteiger partial charge in [-0.15, -0.1) is 0 Å². The minimum absolute atomic E-state index is 0.844. The maximum atomic E-state index is 12.1. The van der Waals surface area contributed by atoms with Crippen LogP contribution in [0, 0.1) is 0 Å². The number of fused-ring (bicyclic) bond motifs is 1. The van der Waals surface area contributed by atoms with E-state index in [-0.39, 0.29) is 0 Å². The standard InChI is InChI=1S/C2F3N5S3.AsF6/c3-2(4,5)1-6-12-8-11-9-13(7-1)10-12;2-1(3,4,5,6)7/q;-1/p+1. The van der Waals surface area contributed by atoms with E-state index in [2.05, 4.69) is 20.1 Å². The molecule has 2 bridgehead atoms. The fourth-order valence-corrected chi connectivity index (χ4v) is 3.86. The van der Waals surface area contributed by atoms with Gasteiger partial charge in [0.1, 0.15) is 0 Å². The monoisotopic (exact) mass is 437 g/mol. The van der Waals surface area contributed by atoms with Crippen LogP contribution in [0.5, 0.6) is 0 Å². The van der Waals surface area contributed by atoms with Crippen LogP contribution in [0.3, 0.4) is 0 Å². The summed E-state index contributed by atoms with van der Waals surface area (Å²) in [7, 11) is 0. The summed E-state index contributed by atoms with van der Waals surface area (Å²) in [4.78, 5) is 0. The Labute approximate surface area is 114 Å². The van der Waals surface area contributed by atoms with Gasteiger partial charge >= 0.3 is 47.0 Å². The van der Waals surface area contributed by atoms with Crippen molar-refractivity contribution in [2.45, 2.75) is 6.18 Å². The van der Waals surface area contributed by atoms with Crippen molar-refractivity contribution in [3.8, 4) is 0 Å². The number of hydrogen-bond donors (Lipinski definition) is 1. The molecule has 0 spiro atoms. The zero-order valence-corrected chi connectivity index (χ0v) is 12.7. The number of alkyl halides is 3. The van der Waals surface area contributed by atoms with Gasteiger partial charge in [-0.2, -0.15) is 17.5 Å². The Morgan fingerprint density at radius 1 is 1.00 bits per heavy atom. The van der Waals surface area contributed by atoms with Crippen LogP contribution in [0.1, 0.15) is 0 Å². The summed E-state index contributed by atoms with van der Waals surface area (Å²) in [5, 5.41) is 0. The second kappa shape index (κ2) is 4.61. The molecule has 120 valence electrons. The van der Waals surface area contributed by atoms with E-state index in [0.29, 0.717) is 0 Å². The molecule has 0 aromatic carbocycles. The Morgan fingerprint density at radius 3 is 1.90 bits per heavy atom. The second-order valence-electron chi connectivity index (χ2n) is 2.81. The number of nitrogens with zero attached hydrogens (tertiary/aromatic N) is 4. The number of nitrogens with one attached hydrogen (secondary N) is 1. The quantitative estimate of drug-likeness (QED) is 0.445. The van der Waals surface area contributed by atoms with Crippen LogP contribution in [0.4, 0.5) is 34.0 Å². The maximum absolute atomic E-state index is 12.1. The summed E-state index contributed by atoms with van der Waals surface area (Å²) in [6.45, 7) is 0. The molecule has 20 heavy (non-hydrogen) atoms. The predicted octanol–water partition coefficient (Wildman–Crippen LogP) is 1.91. The molecule has 0 radical (unpaired) electrons. The molecule has 2 aliphatic heterocycles. The first kappa shape index (κ1) is 17.8. The predicted molar refractivity (Wildman–Crippen MR) is 56.2 cm³/mol. The normalized spacial score (nSPS) is 28.4. The van der Waals surface area contributed by atoms with Gasteiger partial charge in [-0.05, 0) is 0 Å². The molecule has 0 fully saturated rings. The molecule has 2 unspecified atom stereocenters. The first-order valence-corrected chi connectivity index (χ1v) is 11.0. The van der Waals surface area contributed by atoms with Crippen molar-refractivity contribution < 1.29 is 38.3 Å². The van der Waals surface area contributed by atoms with E-state index in [0.717, 1.165) is 11.4 Å². The van der Waals surface area contributed by atoms with Crippen LogP contribution in [-0.4, -0.2) is 26.2 Å². The van der Waals surface area contributed by atoms with Crippen LogP contribution < -0.4 is 4.36 Å². The summed E-state index contributed by atoms with van der Waals surface area (Å²) >= 11 is -12.6. The van der Waals surface area contributed by atoms with Gasteiger partial charge in [0.05, 0.1) is 11.4 Å². The van der Waals surface area contributed by atoms with Gasteiger partial charge in [-0.1, -0.05) is 11.3 Å². The molecule has 1 N–H and O–H groups in total. The molecule has 0 saturated heterocycles. The molecular weight excluding hydrogens is 436 g/mol. The van der Waals surface area contributed by atoms with Gasteiger partial charge in [0, 0.05) is 4.40 Å². The van der Waals surface area contributed by atoms with Crippen molar-refractivity contribution in [1.29, 1.82) is 0 Å². The zero-order chi connectivity index (χ0) is 15.9. The van der Waals surface area contributed by atoms with Gasteiger partial charge in [0.2, 0.25) is 11.1 Å². The van der Waals surface area contributed by atoms with E-state index in [1.54, 1.807) is 0 Å². The molecule has 5 nitrogen and oxygen atoms in total. The van der Waals surface area contributed by atoms with Crippen molar-refractivity contribution >= 4 is 53.5 Å². The van der Waals surface area contributed by atoms with Crippen LogP contribution in [-0.2, 0) is 33.5 Å². The van der Waals surface area contributed by atoms with Crippen LogP contribution in [0.2, 0.25) is 0 Å². The van der Waals surface area contributed by atoms with E-state index in [1.807, 2.05) is 0 Å². The molecule has 0 aromatic rings. The van der Waals surface area contributed by atoms with Gasteiger partial charge in [0.15, 0.2) is 0 Å². The van der Waals surface area contributed by atoms with Gasteiger partial charge in [0.25, 0.3) is 11.1 Å². The molecule has 2 aliphatic rings. The third-order valence-electron chi connectivity index (χ3n) is 0.971. The van der Waals surface area contributed by atoms with E-state index >= 15 is 0 Å². The van der Waals surface area contributed by atoms with Crippen molar-refractivity contribution in [2.24, 2.45) is 15.7 Å². The summed E-state index contributed by atoms with van der Waals surface area (Å²) in [5.74, 6) is -1.04. The first-order chi connectivity index (χ1) is 8.50. The van der Waals surface area contributed by atoms with E-state index < -0.39 is 48.3 Å². The summed E-state index contributed by atoms with van der Waals surface area (Å²) < 4.78 is 112. The summed E-state index contributed by atoms with van der Waals surface area (Å²) in [5.41, 5.74) is 0. The van der Waals surface area contributed by atoms with Crippen molar-refractivity contribution in [1.82, 2.24) is 0 Å². The third kappa shape index (κ3) is 8.80. The van der Waals surface area contributed by atoms with Crippen LogP contribution >= 0.6 is 0 Å². The molecule has 2 atom stereocenters. The topological polar surface area (TPSA) is 63.4 Å². The fraction of sp³-hybridized carbons (Fsp3) is 0.500. The van der Waals surface area contributed by atoms with E-state index in [4.69, 9.17) is 0 Å². The Kier molecular flexibility index (Phi) is 4.09. The minimum atomic E-state index is -11.1.